The topological polar surface area (TPSA) is 80.0 Å². The van der Waals surface area contributed by atoms with E-state index in [0.29, 0.717) is 11.5 Å². The number of benzene rings is 3. The first-order valence-electron chi connectivity index (χ1n) is 11.7. The van der Waals surface area contributed by atoms with Crippen molar-refractivity contribution in [1.29, 1.82) is 0 Å². The molecule has 0 radical (unpaired) electrons. The summed E-state index contributed by atoms with van der Waals surface area (Å²) < 4.78 is 6.50. The van der Waals surface area contributed by atoms with Crippen LogP contribution < -0.4 is 10.1 Å². The highest BCUT2D eigenvalue weighted by molar-refractivity contribution is 5.94. The molecule has 0 aliphatic carbocycles. The van der Waals surface area contributed by atoms with E-state index in [-0.39, 0.29) is 25.0 Å². The van der Waals surface area contributed by atoms with Gasteiger partial charge in [0.25, 0.3) is 5.91 Å². The second kappa shape index (κ2) is 11.5. The monoisotopic (exact) mass is 460 g/mol. The average Bonchev–Trinajstić information content (AvgIpc) is 2.78. The summed E-state index contributed by atoms with van der Waals surface area (Å²) in [5.41, 5.74) is 6.29. The van der Waals surface area contributed by atoms with E-state index in [1.807, 2.05) is 18.2 Å². The van der Waals surface area contributed by atoms with E-state index in [9.17, 15) is 4.79 Å². The molecule has 1 amide bonds. The van der Waals surface area contributed by atoms with Crippen LogP contribution >= 0.6 is 0 Å². The number of aliphatic carboxylic acids is 1. The summed E-state index contributed by atoms with van der Waals surface area (Å²) in [6, 6.07) is 22.0. The third-order valence-electron chi connectivity index (χ3n) is 5.71. The van der Waals surface area contributed by atoms with Crippen LogP contribution in [0, 0.1) is 19.8 Å². The maximum atomic E-state index is 12.3. The Hall–Kier alpha value is -3.60. The van der Waals surface area contributed by atoms with E-state index in [1.165, 1.54) is 22.3 Å². The Morgan fingerprint density at radius 2 is 1.62 bits per heavy atom. The van der Waals surface area contributed by atoms with E-state index < -0.39 is 5.97 Å². The van der Waals surface area contributed by atoms with E-state index in [4.69, 9.17) is 14.6 Å². The van der Waals surface area contributed by atoms with Crippen LogP contribution in [0.25, 0.3) is 11.1 Å². The highest BCUT2D eigenvalue weighted by Crippen LogP contribution is 2.34. The molecule has 3 rings (SSSR count). The number of nitrogens with one attached hydrogen (secondary N) is 1. The van der Waals surface area contributed by atoms with Crippen molar-refractivity contribution < 1.29 is 19.4 Å². The lowest BCUT2D eigenvalue weighted by molar-refractivity contribution is 0.0954. The van der Waals surface area contributed by atoms with Crippen molar-refractivity contribution in [3.05, 3.63) is 89.0 Å². The summed E-state index contributed by atoms with van der Waals surface area (Å²) in [5.74, 6) is 0.326. The number of aliphatic hydroxyl groups excluding tert-OH is 1. The molecule has 178 valence electrons. The molecular weight excluding hydrogens is 426 g/mol. The average molecular weight is 461 g/mol. The Labute approximate surface area is 201 Å². The molecule has 0 aliphatic rings. The van der Waals surface area contributed by atoms with Crippen molar-refractivity contribution in [2.24, 2.45) is 5.92 Å². The molecule has 34 heavy (non-hydrogen) atoms. The van der Waals surface area contributed by atoms with E-state index in [2.05, 4.69) is 69.4 Å². The first kappa shape index (κ1) is 25.0. The molecule has 3 aromatic carbocycles. The second-order valence-corrected chi connectivity index (χ2v) is 9.08. The number of ether oxygens (including phenoxy) is 1. The number of hydrogen-bond acceptors (Lipinski definition) is 2. The van der Waals surface area contributed by atoms with E-state index >= 15 is 0 Å². The molecule has 1 atom stereocenters. The minimum Gasteiger partial charge on any atom is -0.486 e. The predicted molar refractivity (Wildman–Crippen MR) is 137 cm³/mol. The molecule has 0 aliphatic heterocycles. The van der Waals surface area contributed by atoms with E-state index in [0.717, 1.165) is 17.7 Å². The quantitative estimate of drug-likeness (QED) is 0.348. The van der Waals surface area contributed by atoms with Crippen molar-refractivity contribution in [1.82, 2.24) is 5.32 Å². The van der Waals surface area contributed by atoms with Crippen molar-refractivity contribution >= 4 is 11.9 Å². The zero-order valence-corrected chi connectivity index (χ0v) is 20.3. The minimum atomic E-state index is -0.688. The molecule has 0 bridgehead atoms. The van der Waals surface area contributed by atoms with Crippen molar-refractivity contribution in [2.75, 3.05) is 6.54 Å². The molecule has 0 saturated carbocycles. The Morgan fingerprint density at radius 3 is 2.18 bits per heavy atom. The van der Waals surface area contributed by atoms with Gasteiger partial charge in [-0.1, -0.05) is 56.3 Å². The number of carboxylic acid groups (broad SMARTS) is 1. The molecule has 0 heterocycles. The summed E-state index contributed by atoms with van der Waals surface area (Å²) in [6.07, 6.45) is 0.713. The van der Waals surface area contributed by atoms with Crippen LogP contribution in [-0.2, 0) is 0 Å². The summed E-state index contributed by atoms with van der Waals surface area (Å²) >= 11 is 0. The standard InChI is InChI=1S/C29H33NO4/c1-19(2)16-26(22-10-12-24(13-11-22)29(33)30-15-14-27(31)32)34-25-17-20(3)28(21(4)18-25)23-8-6-5-7-9-23/h5-13,17-19,26H,14-16H2,1-4H3,(H,30,33)(H,31,32)/p+1. The predicted octanol–water partition coefficient (Wildman–Crippen LogP) is 6.32. The van der Waals surface area contributed by atoms with Gasteiger partial charge >= 0.3 is 5.97 Å². The highest BCUT2D eigenvalue weighted by Gasteiger charge is 2.18. The van der Waals surface area contributed by atoms with Gasteiger partial charge in [-0.3, -0.25) is 4.79 Å². The maximum absolute atomic E-state index is 12.3. The molecular formula is C29H34NO4+. The van der Waals surface area contributed by atoms with Gasteiger partial charge in [0, 0.05) is 12.1 Å². The number of amides is 1. The van der Waals surface area contributed by atoms with Crippen LogP contribution in [0.3, 0.4) is 0 Å². The minimum absolute atomic E-state index is 0.00994. The van der Waals surface area contributed by atoms with Gasteiger partial charge in [-0.05, 0) is 78.3 Å². The molecule has 5 heteroatoms. The van der Waals surface area contributed by atoms with E-state index in [1.54, 1.807) is 12.1 Å². The summed E-state index contributed by atoms with van der Waals surface area (Å²) in [7, 11) is 0. The molecule has 3 N–H and O–H groups in total. The normalized spacial score (nSPS) is 11.8. The fourth-order valence-electron chi connectivity index (χ4n) is 4.14. The Balaban J connectivity index is 1.79. The zero-order valence-electron chi connectivity index (χ0n) is 20.3. The van der Waals surface area contributed by atoms with Crippen LogP contribution in [-0.4, -0.2) is 28.3 Å². The molecule has 0 aromatic heterocycles. The van der Waals surface area contributed by atoms with Gasteiger partial charge in [-0.2, -0.15) is 0 Å². The SMILES string of the molecule is Cc1cc(OC(CC(C)C)c2ccc(C(=O)NCCC(O)=[OH+])cc2)cc(C)c1-c1ccccc1. The number of carbonyl (C=O) groups excluding carboxylic acids is 1. The van der Waals surface area contributed by atoms with Crippen LogP contribution in [0.1, 0.15) is 59.8 Å². The van der Waals surface area contributed by atoms with Gasteiger partial charge in [0.1, 0.15) is 18.3 Å². The van der Waals surface area contributed by atoms with Gasteiger partial charge in [-0.15, -0.1) is 0 Å². The lowest BCUT2D eigenvalue weighted by atomic mass is 9.95. The third kappa shape index (κ3) is 6.70. The van der Waals surface area contributed by atoms with Gasteiger partial charge in [0.15, 0.2) is 0 Å². The maximum Gasteiger partial charge on any atom is 0.482 e. The number of carboxylic acids is 1. The highest BCUT2D eigenvalue weighted by atomic mass is 16.5. The summed E-state index contributed by atoms with van der Waals surface area (Å²) in [5, 5.41) is 11.5. The van der Waals surface area contributed by atoms with Gasteiger partial charge in [0.05, 0.1) is 0 Å². The van der Waals surface area contributed by atoms with Crippen LogP contribution in [0.2, 0.25) is 0 Å². The Kier molecular flexibility index (Phi) is 8.47. The lowest BCUT2D eigenvalue weighted by Crippen LogP contribution is -2.26. The number of aryl methyl sites for hydroxylation is 2. The summed E-state index contributed by atoms with van der Waals surface area (Å²) in [6.45, 7) is 8.73. The number of rotatable bonds is 10. The molecule has 0 fully saturated rings. The second-order valence-electron chi connectivity index (χ2n) is 9.08. The molecule has 5 nitrogen and oxygen atoms in total. The summed E-state index contributed by atoms with van der Waals surface area (Å²) in [4.78, 5) is 21.1. The molecule has 3 aromatic rings. The molecule has 0 saturated heterocycles. The lowest BCUT2D eigenvalue weighted by Gasteiger charge is -2.23. The fourth-order valence-corrected chi connectivity index (χ4v) is 4.14. The number of hydrogen-bond donors (Lipinski definition) is 2. The van der Waals surface area contributed by atoms with Crippen LogP contribution in [0.4, 0.5) is 0 Å². The molecule has 1 unspecified atom stereocenters. The van der Waals surface area contributed by atoms with Gasteiger partial charge in [0.2, 0.25) is 0 Å². The first-order valence-corrected chi connectivity index (χ1v) is 11.7. The molecule has 0 spiro atoms. The Bertz CT molecular complexity index is 1100. The number of carbonyl (C=O) groups is 1. The van der Waals surface area contributed by atoms with Crippen molar-refractivity contribution in [3.63, 3.8) is 0 Å². The van der Waals surface area contributed by atoms with Gasteiger partial charge < -0.3 is 20.0 Å². The Morgan fingerprint density at radius 1 is 1.00 bits per heavy atom. The third-order valence-corrected chi connectivity index (χ3v) is 5.71. The fraction of sp³-hybridized carbons (Fsp3) is 0.310. The van der Waals surface area contributed by atoms with Crippen LogP contribution in [0.5, 0.6) is 5.75 Å². The van der Waals surface area contributed by atoms with Gasteiger partial charge in [-0.25, -0.2) is 0 Å². The van der Waals surface area contributed by atoms with Crippen molar-refractivity contribution in [3.8, 4) is 16.9 Å². The van der Waals surface area contributed by atoms with Crippen LogP contribution in [0.15, 0.2) is 66.7 Å². The smallest absolute Gasteiger partial charge is 0.482 e. The first-order chi connectivity index (χ1) is 16.2. The largest absolute Gasteiger partial charge is 0.486 e. The van der Waals surface area contributed by atoms with Crippen molar-refractivity contribution in [2.45, 2.75) is 46.6 Å². The zero-order chi connectivity index (χ0) is 24.7.